The minimum atomic E-state index is 0.0853. The molecule has 0 amide bonds. The molecule has 18 heavy (non-hydrogen) atoms. The fourth-order valence-electron chi connectivity index (χ4n) is 2.82. The van der Waals surface area contributed by atoms with Gasteiger partial charge in [-0.05, 0) is 49.9 Å². The molecule has 1 aromatic carbocycles. The van der Waals surface area contributed by atoms with Crippen molar-refractivity contribution < 1.29 is 5.11 Å². The van der Waals surface area contributed by atoms with Gasteiger partial charge in [-0.1, -0.05) is 30.3 Å². The standard InChI is InChI=1S/C15H24N2O/c16-9-6-15(13-18)7-10-17(11-8-15)12-14-4-2-1-3-5-14/h1-5,18H,6-13,16H2. The van der Waals surface area contributed by atoms with Gasteiger partial charge in [0.2, 0.25) is 0 Å². The van der Waals surface area contributed by atoms with Crippen molar-refractivity contribution in [3.05, 3.63) is 35.9 Å². The summed E-state index contributed by atoms with van der Waals surface area (Å²) < 4.78 is 0. The van der Waals surface area contributed by atoms with Gasteiger partial charge in [-0.15, -0.1) is 0 Å². The largest absolute Gasteiger partial charge is 0.396 e. The molecule has 0 atom stereocenters. The van der Waals surface area contributed by atoms with Gasteiger partial charge in [0.05, 0.1) is 0 Å². The summed E-state index contributed by atoms with van der Waals surface area (Å²) in [6.45, 7) is 4.11. The SMILES string of the molecule is NCCC1(CO)CCN(Cc2ccccc2)CC1. The third-order valence-corrected chi connectivity index (χ3v) is 4.18. The highest BCUT2D eigenvalue weighted by Gasteiger charge is 2.33. The van der Waals surface area contributed by atoms with Gasteiger partial charge < -0.3 is 10.8 Å². The first-order valence-electron chi connectivity index (χ1n) is 6.85. The van der Waals surface area contributed by atoms with Crippen LogP contribution in [0.5, 0.6) is 0 Å². The number of hydrogen-bond donors (Lipinski definition) is 2. The smallest absolute Gasteiger partial charge is 0.0488 e. The van der Waals surface area contributed by atoms with Gasteiger partial charge in [0, 0.05) is 13.2 Å². The van der Waals surface area contributed by atoms with Crippen LogP contribution in [0.1, 0.15) is 24.8 Å². The Morgan fingerprint density at radius 3 is 2.39 bits per heavy atom. The zero-order chi connectivity index (χ0) is 12.8. The Morgan fingerprint density at radius 2 is 1.83 bits per heavy atom. The van der Waals surface area contributed by atoms with Crippen molar-refractivity contribution in [2.24, 2.45) is 11.1 Å². The van der Waals surface area contributed by atoms with Crippen LogP contribution < -0.4 is 5.73 Å². The molecular weight excluding hydrogens is 224 g/mol. The molecule has 0 aromatic heterocycles. The summed E-state index contributed by atoms with van der Waals surface area (Å²) in [7, 11) is 0. The van der Waals surface area contributed by atoms with Gasteiger partial charge in [-0.3, -0.25) is 4.90 Å². The third kappa shape index (κ3) is 3.31. The predicted molar refractivity (Wildman–Crippen MR) is 74.1 cm³/mol. The molecule has 0 saturated carbocycles. The van der Waals surface area contributed by atoms with E-state index in [1.165, 1.54) is 5.56 Å². The van der Waals surface area contributed by atoms with Crippen LogP contribution in [0.4, 0.5) is 0 Å². The predicted octanol–water partition coefficient (Wildman–Crippen LogP) is 1.61. The van der Waals surface area contributed by atoms with Crippen molar-refractivity contribution in [1.82, 2.24) is 4.90 Å². The van der Waals surface area contributed by atoms with Crippen LogP contribution in [-0.4, -0.2) is 36.2 Å². The zero-order valence-electron chi connectivity index (χ0n) is 11.0. The van der Waals surface area contributed by atoms with Crippen molar-refractivity contribution in [3.8, 4) is 0 Å². The maximum atomic E-state index is 9.57. The first-order valence-corrected chi connectivity index (χ1v) is 6.85. The lowest BCUT2D eigenvalue weighted by Crippen LogP contribution is -2.42. The van der Waals surface area contributed by atoms with Crippen LogP contribution >= 0.6 is 0 Å². The third-order valence-electron chi connectivity index (χ3n) is 4.18. The average molecular weight is 248 g/mol. The lowest BCUT2D eigenvalue weighted by molar-refractivity contribution is 0.0363. The van der Waals surface area contributed by atoms with E-state index < -0.39 is 0 Å². The van der Waals surface area contributed by atoms with E-state index in [1.54, 1.807) is 0 Å². The highest BCUT2D eigenvalue weighted by Crippen LogP contribution is 2.34. The molecule has 0 radical (unpaired) electrons. The average Bonchev–Trinajstić information content (AvgIpc) is 2.43. The molecule has 3 heteroatoms. The number of hydrogen-bond acceptors (Lipinski definition) is 3. The van der Waals surface area contributed by atoms with E-state index in [9.17, 15) is 5.11 Å². The maximum absolute atomic E-state index is 9.57. The zero-order valence-corrected chi connectivity index (χ0v) is 11.0. The van der Waals surface area contributed by atoms with E-state index in [1.807, 2.05) is 0 Å². The molecule has 1 fully saturated rings. The summed E-state index contributed by atoms with van der Waals surface area (Å²) in [5.74, 6) is 0. The van der Waals surface area contributed by atoms with E-state index in [0.29, 0.717) is 6.54 Å². The van der Waals surface area contributed by atoms with Gasteiger partial charge in [0.15, 0.2) is 0 Å². The molecule has 0 aliphatic carbocycles. The normalized spacial score (nSPS) is 19.9. The molecule has 1 aliphatic rings. The summed E-state index contributed by atoms with van der Waals surface area (Å²) in [4.78, 5) is 2.47. The van der Waals surface area contributed by atoms with E-state index in [0.717, 1.165) is 38.9 Å². The lowest BCUT2D eigenvalue weighted by Gasteiger charge is -2.40. The van der Waals surface area contributed by atoms with E-state index in [-0.39, 0.29) is 12.0 Å². The minimum absolute atomic E-state index is 0.0853. The van der Waals surface area contributed by atoms with Crippen LogP contribution in [0.25, 0.3) is 0 Å². The number of likely N-dealkylation sites (tertiary alicyclic amines) is 1. The molecule has 2 rings (SSSR count). The molecular formula is C15H24N2O. The van der Waals surface area contributed by atoms with Crippen molar-refractivity contribution in [2.45, 2.75) is 25.8 Å². The fraction of sp³-hybridized carbons (Fsp3) is 0.600. The van der Waals surface area contributed by atoms with E-state index in [2.05, 4.69) is 35.2 Å². The summed E-state index contributed by atoms with van der Waals surface area (Å²) in [5.41, 5.74) is 7.11. The lowest BCUT2D eigenvalue weighted by atomic mass is 9.76. The van der Waals surface area contributed by atoms with Gasteiger partial charge in [0.25, 0.3) is 0 Å². The van der Waals surface area contributed by atoms with Crippen molar-refractivity contribution in [3.63, 3.8) is 0 Å². The number of aliphatic hydroxyl groups excluding tert-OH is 1. The highest BCUT2D eigenvalue weighted by atomic mass is 16.3. The highest BCUT2D eigenvalue weighted by molar-refractivity contribution is 5.14. The molecule has 0 bridgehead atoms. The number of benzene rings is 1. The Balaban J connectivity index is 1.86. The summed E-state index contributed by atoms with van der Waals surface area (Å²) in [5, 5.41) is 9.57. The second-order valence-electron chi connectivity index (χ2n) is 5.46. The van der Waals surface area contributed by atoms with Crippen LogP contribution in [-0.2, 0) is 6.54 Å². The Bertz CT molecular complexity index is 345. The number of rotatable bonds is 5. The van der Waals surface area contributed by atoms with Gasteiger partial charge >= 0.3 is 0 Å². The Labute approximate surface area is 110 Å². The second-order valence-corrected chi connectivity index (χ2v) is 5.46. The number of piperidine rings is 1. The van der Waals surface area contributed by atoms with Crippen LogP contribution in [0.3, 0.4) is 0 Å². The van der Waals surface area contributed by atoms with Gasteiger partial charge in [0.1, 0.15) is 0 Å². The fourth-order valence-corrected chi connectivity index (χ4v) is 2.82. The summed E-state index contributed by atoms with van der Waals surface area (Å²) in [6, 6.07) is 10.6. The van der Waals surface area contributed by atoms with Crippen LogP contribution in [0, 0.1) is 5.41 Å². The molecule has 1 heterocycles. The monoisotopic (exact) mass is 248 g/mol. The summed E-state index contributed by atoms with van der Waals surface area (Å²) in [6.07, 6.45) is 3.07. The molecule has 0 spiro atoms. The minimum Gasteiger partial charge on any atom is -0.396 e. The molecule has 1 saturated heterocycles. The molecule has 0 unspecified atom stereocenters. The Morgan fingerprint density at radius 1 is 1.17 bits per heavy atom. The molecule has 3 N–H and O–H groups in total. The van der Waals surface area contributed by atoms with Gasteiger partial charge in [-0.25, -0.2) is 0 Å². The number of aliphatic hydroxyl groups is 1. The van der Waals surface area contributed by atoms with Crippen molar-refractivity contribution in [2.75, 3.05) is 26.2 Å². The van der Waals surface area contributed by atoms with Crippen molar-refractivity contribution >= 4 is 0 Å². The van der Waals surface area contributed by atoms with E-state index in [4.69, 9.17) is 5.73 Å². The van der Waals surface area contributed by atoms with Gasteiger partial charge in [-0.2, -0.15) is 0 Å². The molecule has 1 aromatic rings. The summed E-state index contributed by atoms with van der Waals surface area (Å²) >= 11 is 0. The quantitative estimate of drug-likeness (QED) is 0.832. The number of nitrogens with zero attached hydrogens (tertiary/aromatic N) is 1. The molecule has 1 aliphatic heterocycles. The first kappa shape index (κ1) is 13.5. The Hall–Kier alpha value is -0.900. The van der Waals surface area contributed by atoms with Crippen LogP contribution in [0.15, 0.2) is 30.3 Å². The second kappa shape index (κ2) is 6.32. The van der Waals surface area contributed by atoms with E-state index >= 15 is 0 Å². The van der Waals surface area contributed by atoms with Crippen LogP contribution in [0.2, 0.25) is 0 Å². The topological polar surface area (TPSA) is 49.5 Å². The molecule has 100 valence electrons. The first-order chi connectivity index (χ1) is 8.78. The molecule has 3 nitrogen and oxygen atoms in total. The maximum Gasteiger partial charge on any atom is 0.0488 e. The number of nitrogens with two attached hydrogens (primary N) is 1. The van der Waals surface area contributed by atoms with Crippen molar-refractivity contribution in [1.29, 1.82) is 0 Å². The Kier molecular flexibility index (Phi) is 4.75.